The molecule has 0 aliphatic rings. The van der Waals surface area contributed by atoms with Crippen LogP contribution in [0.4, 0.5) is 0 Å². The van der Waals surface area contributed by atoms with Crippen molar-refractivity contribution >= 4 is 16.8 Å². The third-order valence-corrected chi connectivity index (χ3v) is 4.44. The van der Waals surface area contributed by atoms with Crippen molar-refractivity contribution in [3.05, 3.63) is 71.2 Å². The minimum atomic E-state index is -0.186. The van der Waals surface area contributed by atoms with Crippen LogP contribution in [0.5, 0.6) is 0 Å². The summed E-state index contributed by atoms with van der Waals surface area (Å²) in [7, 11) is 0. The molecule has 6 nitrogen and oxygen atoms in total. The number of carbonyl (C=O) groups is 1. The third kappa shape index (κ3) is 2.97. The fourth-order valence-electron chi connectivity index (χ4n) is 3.06. The minimum absolute atomic E-state index is 0.186. The number of fused-ring (bicyclic) bond motifs is 1. The first kappa shape index (κ1) is 16.1. The van der Waals surface area contributed by atoms with Gasteiger partial charge in [-0.3, -0.25) is 14.9 Å². The molecule has 0 saturated heterocycles. The van der Waals surface area contributed by atoms with Gasteiger partial charge in [0.15, 0.2) is 0 Å². The van der Waals surface area contributed by atoms with Crippen LogP contribution in [0.25, 0.3) is 22.3 Å². The molecule has 0 aliphatic heterocycles. The monoisotopic (exact) mass is 345 g/mol. The number of aryl methyl sites for hydroxylation is 2. The maximum Gasteiger partial charge on any atom is 0.272 e. The number of nitrogens with zero attached hydrogens (tertiary/aromatic N) is 2. The number of pyridine rings is 1. The Morgan fingerprint density at radius 2 is 2.04 bits per heavy atom. The highest BCUT2D eigenvalue weighted by Gasteiger charge is 2.12. The number of aromatic amines is 2. The van der Waals surface area contributed by atoms with Gasteiger partial charge in [-0.25, -0.2) is 0 Å². The molecule has 3 N–H and O–H groups in total. The van der Waals surface area contributed by atoms with Crippen LogP contribution >= 0.6 is 0 Å². The van der Waals surface area contributed by atoms with Gasteiger partial charge in [0.25, 0.3) is 5.91 Å². The molecule has 0 saturated carbocycles. The Kier molecular flexibility index (Phi) is 4.01. The highest BCUT2D eigenvalue weighted by Crippen LogP contribution is 2.29. The predicted molar refractivity (Wildman–Crippen MR) is 101 cm³/mol. The van der Waals surface area contributed by atoms with Crippen LogP contribution in [0, 0.1) is 13.8 Å². The van der Waals surface area contributed by atoms with E-state index in [2.05, 4.69) is 38.5 Å². The largest absolute Gasteiger partial charge is 0.353 e. The molecule has 1 amide bonds. The molecule has 0 fully saturated rings. The van der Waals surface area contributed by atoms with E-state index in [9.17, 15) is 4.79 Å². The SMILES string of the molecule is Cc1cc(C(=O)NCc2ccc3[nH]c(-c4ccccn4)c(C)c3c2)n[nH]1. The van der Waals surface area contributed by atoms with E-state index in [0.29, 0.717) is 12.2 Å². The molecule has 0 radical (unpaired) electrons. The zero-order chi connectivity index (χ0) is 18.1. The van der Waals surface area contributed by atoms with E-state index in [-0.39, 0.29) is 5.91 Å². The summed E-state index contributed by atoms with van der Waals surface area (Å²) in [6, 6.07) is 13.8. The molecule has 3 heterocycles. The summed E-state index contributed by atoms with van der Waals surface area (Å²) >= 11 is 0. The van der Waals surface area contributed by atoms with Crippen LogP contribution in [0.1, 0.15) is 27.3 Å². The molecule has 1 aromatic carbocycles. The van der Waals surface area contributed by atoms with Crippen molar-refractivity contribution in [3.8, 4) is 11.4 Å². The van der Waals surface area contributed by atoms with Gasteiger partial charge < -0.3 is 10.3 Å². The number of carbonyl (C=O) groups excluding carboxylic acids is 1. The smallest absolute Gasteiger partial charge is 0.272 e. The van der Waals surface area contributed by atoms with Crippen molar-refractivity contribution in [1.82, 2.24) is 25.5 Å². The summed E-state index contributed by atoms with van der Waals surface area (Å²) in [5, 5.41) is 10.8. The van der Waals surface area contributed by atoms with E-state index in [1.54, 1.807) is 12.3 Å². The number of nitrogens with one attached hydrogen (secondary N) is 3. The number of H-pyrrole nitrogens is 2. The summed E-state index contributed by atoms with van der Waals surface area (Å²) in [6.45, 7) is 4.40. The Hall–Kier alpha value is -3.41. The number of hydrogen-bond acceptors (Lipinski definition) is 3. The van der Waals surface area contributed by atoms with Crippen LogP contribution < -0.4 is 5.32 Å². The Bertz CT molecular complexity index is 1080. The predicted octanol–water partition coefficient (Wildman–Crippen LogP) is 3.50. The lowest BCUT2D eigenvalue weighted by atomic mass is 10.1. The Labute approximate surface area is 150 Å². The third-order valence-electron chi connectivity index (χ3n) is 4.44. The Morgan fingerprint density at radius 1 is 1.15 bits per heavy atom. The minimum Gasteiger partial charge on any atom is -0.353 e. The van der Waals surface area contributed by atoms with Gasteiger partial charge in [-0.05, 0) is 55.3 Å². The van der Waals surface area contributed by atoms with E-state index in [4.69, 9.17) is 0 Å². The number of rotatable bonds is 4. The van der Waals surface area contributed by atoms with Gasteiger partial charge in [0, 0.05) is 29.3 Å². The van der Waals surface area contributed by atoms with Gasteiger partial charge in [-0.1, -0.05) is 12.1 Å². The second-order valence-corrected chi connectivity index (χ2v) is 6.34. The highest BCUT2D eigenvalue weighted by atomic mass is 16.1. The lowest BCUT2D eigenvalue weighted by Gasteiger charge is -2.04. The number of benzene rings is 1. The van der Waals surface area contributed by atoms with E-state index in [0.717, 1.165) is 39.1 Å². The molecule has 3 aromatic heterocycles. The number of hydrogen-bond donors (Lipinski definition) is 3. The van der Waals surface area contributed by atoms with E-state index in [1.165, 1.54) is 0 Å². The molecule has 0 unspecified atom stereocenters. The second-order valence-electron chi connectivity index (χ2n) is 6.34. The molecule has 4 aromatic rings. The summed E-state index contributed by atoms with van der Waals surface area (Å²) in [5.41, 5.74) is 6.45. The zero-order valence-corrected chi connectivity index (χ0v) is 14.6. The highest BCUT2D eigenvalue weighted by molar-refractivity contribution is 5.93. The van der Waals surface area contributed by atoms with Crippen LogP contribution in [0.3, 0.4) is 0 Å². The average Bonchev–Trinajstić information content (AvgIpc) is 3.24. The Balaban J connectivity index is 1.58. The molecule has 130 valence electrons. The maximum atomic E-state index is 12.1. The first-order valence-electron chi connectivity index (χ1n) is 8.44. The van der Waals surface area contributed by atoms with Crippen molar-refractivity contribution in [2.24, 2.45) is 0 Å². The van der Waals surface area contributed by atoms with Crippen LogP contribution in [0.15, 0.2) is 48.7 Å². The normalized spacial score (nSPS) is 11.0. The first-order chi connectivity index (χ1) is 12.6. The summed E-state index contributed by atoms with van der Waals surface area (Å²) < 4.78 is 0. The van der Waals surface area contributed by atoms with Crippen molar-refractivity contribution < 1.29 is 4.79 Å². The molecule has 26 heavy (non-hydrogen) atoms. The van der Waals surface area contributed by atoms with Crippen molar-refractivity contribution in [2.45, 2.75) is 20.4 Å². The molecule has 4 rings (SSSR count). The lowest BCUT2D eigenvalue weighted by Crippen LogP contribution is -2.23. The topological polar surface area (TPSA) is 86.5 Å². The first-order valence-corrected chi connectivity index (χ1v) is 8.44. The van der Waals surface area contributed by atoms with E-state index >= 15 is 0 Å². The quantitative estimate of drug-likeness (QED) is 0.529. The van der Waals surface area contributed by atoms with Crippen LogP contribution in [0.2, 0.25) is 0 Å². The van der Waals surface area contributed by atoms with E-state index < -0.39 is 0 Å². The summed E-state index contributed by atoms with van der Waals surface area (Å²) in [6.07, 6.45) is 1.79. The van der Waals surface area contributed by atoms with Gasteiger partial charge >= 0.3 is 0 Å². The van der Waals surface area contributed by atoms with Gasteiger partial charge in [0.2, 0.25) is 0 Å². The maximum absolute atomic E-state index is 12.1. The van der Waals surface area contributed by atoms with Crippen LogP contribution in [-0.4, -0.2) is 26.1 Å². The fraction of sp³-hybridized carbons (Fsp3) is 0.150. The molecule has 0 atom stereocenters. The summed E-state index contributed by atoms with van der Waals surface area (Å²) in [5.74, 6) is -0.186. The van der Waals surface area contributed by atoms with Gasteiger partial charge in [0.1, 0.15) is 5.69 Å². The van der Waals surface area contributed by atoms with Crippen molar-refractivity contribution in [1.29, 1.82) is 0 Å². The van der Waals surface area contributed by atoms with Crippen molar-refractivity contribution in [2.75, 3.05) is 0 Å². The number of amides is 1. The molecule has 6 heteroatoms. The van der Waals surface area contributed by atoms with Crippen molar-refractivity contribution in [3.63, 3.8) is 0 Å². The fourth-order valence-corrected chi connectivity index (χ4v) is 3.06. The van der Waals surface area contributed by atoms with Crippen LogP contribution in [-0.2, 0) is 6.54 Å². The molecular formula is C20H19N5O. The molecule has 0 bridgehead atoms. The standard InChI is InChI=1S/C20H19N5O/c1-12-9-18(25-24-12)20(26)22-11-14-6-7-16-15(10-14)13(2)19(23-16)17-5-3-4-8-21-17/h3-10,23H,11H2,1-2H3,(H,22,26)(H,24,25). The van der Waals surface area contributed by atoms with Gasteiger partial charge in [-0.2, -0.15) is 5.10 Å². The van der Waals surface area contributed by atoms with E-state index in [1.807, 2.05) is 37.3 Å². The zero-order valence-electron chi connectivity index (χ0n) is 14.6. The number of aromatic nitrogens is 4. The van der Waals surface area contributed by atoms with Gasteiger partial charge in [-0.15, -0.1) is 0 Å². The Morgan fingerprint density at radius 3 is 2.77 bits per heavy atom. The lowest BCUT2D eigenvalue weighted by molar-refractivity contribution is 0.0946. The van der Waals surface area contributed by atoms with Gasteiger partial charge in [0.05, 0.1) is 11.4 Å². The molecular weight excluding hydrogens is 326 g/mol. The molecule has 0 spiro atoms. The average molecular weight is 345 g/mol. The summed E-state index contributed by atoms with van der Waals surface area (Å²) in [4.78, 5) is 20.0. The molecule has 0 aliphatic carbocycles. The second kappa shape index (κ2) is 6.48.